The summed E-state index contributed by atoms with van der Waals surface area (Å²) in [5.74, 6) is -1.44. The Hall–Kier alpha value is -2.29. The average Bonchev–Trinajstić information content (AvgIpc) is 2.58. The van der Waals surface area contributed by atoms with Crippen molar-refractivity contribution >= 4 is 29.1 Å². The highest BCUT2D eigenvalue weighted by Crippen LogP contribution is 2.37. The summed E-state index contributed by atoms with van der Waals surface area (Å²) in [5.41, 5.74) is 4.15. The van der Waals surface area contributed by atoms with Crippen molar-refractivity contribution in [1.82, 2.24) is 9.71 Å². The molecule has 0 aliphatic heterocycles. The van der Waals surface area contributed by atoms with Gasteiger partial charge in [-0.15, -0.1) is 4.73 Å². The van der Waals surface area contributed by atoms with Crippen molar-refractivity contribution in [3.8, 4) is 5.88 Å². The smallest absolute Gasteiger partial charge is 0.417 e. The summed E-state index contributed by atoms with van der Waals surface area (Å²) in [6.07, 6.45) is -4.62. The molecule has 2 aromatic rings. The van der Waals surface area contributed by atoms with Crippen molar-refractivity contribution in [2.45, 2.75) is 6.18 Å². The van der Waals surface area contributed by atoms with Gasteiger partial charge in [0.15, 0.2) is 5.82 Å². The molecule has 5 N–H and O–H groups in total. The van der Waals surface area contributed by atoms with Crippen molar-refractivity contribution in [3.63, 3.8) is 0 Å². The zero-order valence-corrected chi connectivity index (χ0v) is 10.4. The normalized spacial score (nSPS) is 11.6. The molecule has 108 valence electrons. The van der Waals surface area contributed by atoms with E-state index in [1.807, 2.05) is 0 Å². The maximum absolute atomic E-state index is 12.7. The summed E-state index contributed by atoms with van der Waals surface area (Å²) in [4.78, 5) is 3.53. The van der Waals surface area contributed by atoms with Gasteiger partial charge < -0.3 is 21.4 Å². The van der Waals surface area contributed by atoms with Crippen molar-refractivity contribution in [2.24, 2.45) is 0 Å². The number of benzene rings is 1. The van der Waals surface area contributed by atoms with Crippen LogP contribution in [-0.4, -0.2) is 20.0 Å². The molecule has 10 heteroatoms. The van der Waals surface area contributed by atoms with Crippen molar-refractivity contribution in [3.05, 3.63) is 28.8 Å². The lowest BCUT2D eigenvalue weighted by Gasteiger charge is -2.11. The number of hydrogen-bond donors (Lipinski definition) is 4. The molecule has 20 heavy (non-hydrogen) atoms. The first-order valence-electron chi connectivity index (χ1n) is 5.10. The van der Waals surface area contributed by atoms with Gasteiger partial charge in [-0.3, -0.25) is 0 Å². The second kappa shape index (κ2) is 4.67. The Labute approximate surface area is 115 Å². The fourth-order valence-electron chi connectivity index (χ4n) is 1.45. The first kappa shape index (κ1) is 14.1. The van der Waals surface area contributed by atoms with Gasteiger partial charge in [0.2, 0.25) is 5.95 Å². The average molecular weight is 309 g/mol. The first-order valence-corrected chi connectivity index (χ1v) is 5.48. The Morgan fingerprint density at radius 3 is 2.50 bits per heavy atom. The van der Waals surface area contributed by atoms with E-state index >= 15 is 0 Å². The van der Waals surface area contributed by atoms with Gasteiger partial charge in [-0.2, -0.15) is 18.2 Å². The molecule has 0 saturated heterocycles. The number of anilines is 3. The Morgan fingerprint density at radius 1 is 1.35 bits per heavy atom. The SMILES string of the molecule is Nc1nc(Nc2ccc(Cl)c(C(F)(F)F)c2)n(O)c1O. The van der Waals surface area contributed by atoms with E-state index in [9.17, 15) is 23.5 Å². The highest BCUT2D eigenvalue weighted by atomic mass is 35.5. The predicted octanol–water partition coefficient (Wildman–Crippen LogP) is 2.82. The van der Waals surface area contributed by atoms with Gasteiger partial charge in [-0.25, -0.2) is 0 Å². The number of aromatic hydroxyl groups is 1. The summed E-state index contributed by atoms with van der Waals surface area (Å²) < 4.78 is 38.2. The third kappa shape index (κ3) is 2.52. The Kier molecular flexibility index (Phi) is 3.30. The zero-order chi connectivity index (χ0) is 15.1. The van der Waals surface area contributed by atoms with Crippen LogP contribution in [-0.2, 0) is 6.18 Å². The number of hydrogen-bond acceptors (Lipinski definition) is 5. The molecule has 0 amide bonds. The molecule has 0 saturated carbocycles. The van der Waals surface area contributed by atoms with Gasteiger partial charge in [-0.05, 0) is 18.2 Å². The van der Waals surface area contributed by atoms with Gasteiger partial charge in [0.25, 0.3) is 5.88 Å². The minimum absolute atomic E-state index is 0.0398. The number of nitrogens with zero attached hydrogens (tertiary/aromatic N) is 2. The molecule has 0 fully saturated rings. The number of nitrogens with one attached hydrogen (secondary N) is 1. The summed E-state index contributed by atoms with van der Waals surface area (Å²) in [6.45, 7) is 0. The monoisotopic (exact) mass is 308 g/mol. The molecule has 0 spiro atoms. The Morgan fingerprint density at radius 2 is 2.00 bits per heavy atom. The van der Waals surface area contributed by atoms with Gasteiger partial charge in [0.05, 0.1) is 10.6 Å². The van der Waals surface area contributed by atoms with Crippen LogP contribution < -0.4 is 11.1 Å². The molecule has 6 nitrogen and oxygen atoms in total. The van der Waals surface area contributed by atoms with E-state index in [1.165, 1.54) is 6.07 Å². The summed E-state index contributed by atoms with van der Waals surface area (Å²) in [6, 6.07) is 3.03. The van der Waals surface area contributed by atoms with E-state index in [1.54, 1.807) is 0 Å². The van der Waals surface area contributed by atoms with Crippen LogP contribution in [0.3, 0.4) is 0 Å². The highest BCUT2D eigenvalue weighted by Gasteiger charge is 2.33. The molecule has 1 aromatic carbocycles. The quantitative estimate of drug-likeness (QED) is 0.640. The van der Waals surface area contributed by atoms with E-state index in [4.69, 9.17) is 17.3 Å². The van der Waals surface area contributed by atoms with Gasteiger partial charge >= 0.3 is 6.18 Å². The maximum Gasteiger partial charge on any atom is 0.417 e. The number of halogens is 4. The number of imidazole rings is 1. The van der Waals surface area contributed by atoms with Crippen LogP contribution in [0.15, 0.2) is 18.2 Å². The van der Waals surface area contributed by atoms with Crippen LogP contribution >= 0.6 is 11.6 Å². The molecule has 0 aliphatic carbocycles. The fraction of sp³-hybridized carbons (Fsp3) is 0.100. The first-order chi connectivity index (χ1) is 9.20. The number of nitrogens with two attached hydrogens (primary N) is 1. The lowest BCUT2D eigenvalue weighted by Crippen LogP contribution is -2.07. The number of alkyl halides is 3. The summed E-state index contributed by atoms with van der Waals surface area (Å²) in [7, 11) is 0. The van der Waals surface area contributed by atoms with Crippen molar-refractivity contribution in [1.29, 1.82) is 0 Å². The van der Waals surface area contributed by atoms with Crippen LogP contribution in [0.1, 0.15) is 5.56 Å². The number of rotatable bonds is 2. The van der Waals surface area contributed by atoms with E-state index in [0.29, 0.717) is 0 Å². The van der Waals surface area contributed by atoms with Crippen LogP contribution in [0, 0.1) is 0 Å². The predicted molar refractivity (Wildman–Crippen MR) is 65.2 cm³/mol. The van der Waals surface area contributed by atoms with E-state index in [2.05, 4.69) is 10.3 Å². The maximum atomic E-state index is 12.7. The van der Waals surface area contributed by atoms with Crippen molar-refractivity contribution in [2.75, 3.05) is 11.1 Å². The second-order valence-corrected chi connectivity index (χ2v) is 4.18. The molecule has 1 heterocycles. The van der Waals surface area contributed by atoms with E-state index < -0.39 is 22.6 Å². The molecule has 1 aromatic heterocycles. The van der Waals surface area contributed by atoms with Gasteiger partial charge in [0, 0.05) is 5.69 Å². The molecule has 2 rings (SSSR count). The summed E-state index contributed by atoms with van der Waals surface area (Å²) >= 11 is 5.47. The lowest BCUT2D eigenvalue weighted by atomic mass is 10.2. The molecule has 0 radical (unpaired) electrons. The van der Waals surface area contributed by atoms with Crippen molar-refractivity contribution < 1.29 is 23.5 Å². The number of aromatic nitrogens is 2. The van der Waals surface area contributed by atoms with E-state index in [0.717, 1.165) is 12.1 Å². The molecular weight excluding hydrogens is 301 g/mol. The molecule has 0 unspecified atom stereocenters. The second-order valence-electron chi connectivity index (χ2n) is 3.77. The van der Waals surface area contributed by atoms with Gasteiger partial charge in [0.1, 0.15) is 0 Å². The third-order valence-electron chi connectivity index (χ3n) is 2.38. The minimum atomic E-state index is -4.62. The van der Waals surface area contributed by atoms with Crippen LogP contribution in [0.5, 0.6) is 5.88 Å². The standard InChI is InChI=1S/C10H8ClF3N4O2/c11-6-2-1-4(3-5(6)10(12,13)14)16-9-17-7(15)8(19)18(9)20/h1-3,19-20H,15H2,(H,16,17). The highest BCUT2D eigenvalue weighted by molar-refractivity contribution is 6.31. The van der Waals surface area contributed by atoms with Gasteiger partial charge in [-0.1, -0.05) is 11.6 Å². The van der Waals surface area contributed by atoms with E-state index in [-0.39, 0.29) is 22.2 Å². The van der Waals surface area contributed by atoms with Crippen LogP contribution in [0.4, 0.5) is 30.6 Å². The van der Waals surface area contributed by atoms with Crippen LogP contribution in [0.25, 0.3) is 0 Å². The molecule has 0 aliphatic rings. The molecule has 0 atom stereocenters. The summed E-state index contributed by atoms with van der Waals surface area (Å²) in [5, 5.41) is 20.5. The molecular formula is C10H8ClF3N4O2. The van der Waals surface area contributed by atoms with Crippen LogP contribution in [0.2, 0.25) is 5.02 Å². The Bertz CT molecular complexity index is 657. The Balaban J connectivity index is 2.37. The third-order valence-corrected chi connectivity index (χ3v) is 2.71. The minimum Gasteiger partial charge on any atom is -0.490 e. The molecule has 0 bridgehead atoms. The largest absolute Gasteiger partial charge is 0.490 e. The number of nitrogen functional groups attached to an aromatic ring is 1. The fourth-order valence-corrected chi connectivity index (χ4v) is 1.68. The zero-order valence-electron chi connectivity index (χ0n) is 9.61. The lowest BCUT2D eigenvalue weighted by molar-refractivity contribution is -0.137. The topological polar surface area (TPSA) is 96.3 Å².